The molecule has 33 heavy (non-hydrogen) atoms. The largest absolute Gasteiger partial charge is 0.496 e. The van der Waals surface area contributed by atoms with E-state index in [0.29, 0.717) is 16.7 Å². The molecule has 3 heterocycles. The quantitative estimate of drug-likeness (QED) is 0.328. The number of alkyl halides is 3. The Balaban J connectivity index is 1.65. The van der Waals surface area contributed by atoms with Crippen molar-refractivity contribution in [3.05, 3.63) is 64.0 Å². The van der Waals surface area contributed by atoms with Gasteiger partial charge in [0, 0.05) is 24.7 Å². The predicted molar refractivity (Wildman–Crippen MR) is 117 cm³/mol. The summed E-state index contributed by atoms with van der Waals surface area (Å²) < 4.78 is 44.1. The third-order valence-corrected chi connectivity index (χ3v) is 5.05. The van der Waals surface area contributed by atoms with E-state index in [-0.39, 0.29) is 33.1 Å². The summed E-state index contributed by atoms with van der Waals surface area (Å²) in [4.78, 5) is 27.8. The molecule has 0 saturated carbocycles. The molecule has 3 N–H and O–H groups in total. The zero-order valence-electron chi connectivity index (χ0n) is 16.6. The van der Waals surface area contributed by atoms with Crippen LogP contribution in [0.1, 0.15) is 15.9 Å². The summed E-state index contributed by atoms with van der Waals surface area (Å²) in [6, 6.07) is 4.50. The number of aromatic nitrogens is 4. The topological polar surface area (TPSA) is 105 Å². The number of H-pyrrole nitrogens is 1. The highest BCUT2D eigenvalue weighted by Gasteiger charge is 2.31. The average Bonchev–Trinajstić information content (AvgIpc) is 3.16. The van der Waals surface area contributed by atoms with E-state index in [1.165, 1.54) is 31.6 Å². The van der Waals surface area contributed by atoms with Gasteiger partial charge in [-0.1, -0.05) is 23.2 Å². The standard InChI is InChI=1S/C20H13Cl2F3N6O2/c1-33-15-6-14-13(28-19(29-14)31-17-11(21)7-26-8-12(17)22)5-10(15)18(32)30-16-4-9(2-3-27-16)20(23,24)25/h2-8H,1H3,(H,27,30,32)(H2,26,28,29,31). The van der Waals surface area contributed by atoms with Crippen molar-refractivity contribution < 1.29 is 22.7 Å². The van der Waals surface area contributed by atoms with Crippen LogP contribution in [0.4, 0.5) is 30.6 Å². The predicted octanol–water partition coefficient (Wildman–Crippen LogP) is 5.68. The number of ether oxygens (including phenoxy) is 1. The highest BCUT2D eigenvalue weighted by molar-refractivity contribution is 6.39. The molecule has 0 saturated heterocycles. The molecule has 0 aliphatic carbocycles. The molecule has 1 aromatic carbocycles. The van der Waals surface area contributed by atoms with E-state index in [9.17, 15) is 18.0 Å². The molecule has 0 bridgehead atoms. The Morgan fingerprint density at radius 2 is 1.88 bits per heavy atom. The summed E-state index contributed by atoms with van der Waals surface area (Å²) in [5.74, 6) is -0.542. The van der Waals surface area contributed by atoms with Crippen LogP contribution in [0.5, 0.6) is 5.75 Å². The van der Waals surface area contributed by atoms with Gasteiger partial charge >= 0.3 is 6.18 Å². The number of nitrogens with zero attached hydrogens (tertiary/aromatic N) is 3. The summed E-state index contributed by atoms with van der Waals surface area (Å²) in [6.07, 6.45) is -0.794. The number of amides is 1. The summed E-state index contributed by atoms with van der Waals surface area (Å²) in [7, 11) is 1.35. The number of nitrogens with one attached hydrogen (secondary N) is 3. The minimum atomic E-state index is -4.57. The van der Waals surface area contributed by atoms with E-state index in [1.54, 1.807) is 0 Å². The fraction of sp³-hybridized carbons (Fsp3) is 0.100. The molecule has 13 heteroatoms. The van der Waals surface area contributed by atoms with Crippen molar-refractivity contribution in [3.63, 3.8) is 0 Å². The zero-order valence-corrected chi connectivity index (χ0v) is 18.1. The van der Waals surface area contributed by atoms with E-state index in [1.807, 2.05) is 0 Å². The fourth-order valence-electron chi connectivity index (χ4n) is 2.95. The van der Waals surface area contributed by atoms with Crippen LogP contribution in [0.3, 0.4) is 0 Å². The first-order valence-corrected chi connectivity index (χ1v) is 9.89. The summed E-state index contributed by atoms with van der Waals surface area (Å²) in [5, 5.41) is 5.84. The molecule has 0 fully saturated rings. The molecular weight excluding hydrogens is 484 g/mol. The van der Waals surface area contributed by atoms with Crippen LogP contribution in [-0.2, 0) is 6.18 Å². The molecule has 4 rings (SSSR count). The Hall–Kier alpha value is -3.57. The molecule has 170 valence electrons. The van der Waals surface area contributed by atoms with Crippen LogP contribution >= 0.6 is 23.2 Å². The number of carbonyl (C=O) groups is 1. The average molecular weight is 497 g/mol. The minimum absolute atomic E-state index is 0.0550. The number of hydrogen-bond donors (Lipinski definition) is 3. The van der Waals surface area contributed by atoms with E-state index >= 15 is 0 Å². The molecule has 0 radical (unpaired) electrons. The first kappa shape index (κ1) is 22.6. The molecule has 0 aliphatic heterocycles. The summed E-state index contributed by atoms with van der Waals surface area (Å²) in [5.41, 5.74) is 0.395. The third-order valence-electron chi connectivity index (χ3n) is 4.47. The van der Waals surface area contributed by atoms with Crippen LogP contribution in [-0.4, -0.2) is 33.0 Å². The van der Waals surface area contributed by atoms with Crippen molar-refractivity contribution >= 4 is 57.6 Å². The maximum atomic E-state index is 12.9. The number of pyridine rings is 2. The molecule has 0 atom stereocenters. The van der Waals surface area contributed by atoms with E-state index in [0.717, 1.165) is 18.3 Å². The lowest BCUT2D eigenvalue weighted by Gasteiger charge is -2.11. The van der Waals surface area contributed by atoms with Crippen molar-refractivity contribution in [2.24, 2.45) is 0 Å². The Kier molecular flexibility index (Phi) is 6.00. The lowest BCUT2D eigenvalue weighted by molar-refractivity contribution is -0.137. The Bertz CT molecular complexity index is 1340. The molecule has 4 aromatic rings. The second-order valence-corrected chi connectivity index (χ2v) is 7.45. The molecule has 1 amide bonds. The Morgan fingerprint density at radius 1 is 1.15 bits per heavy atom. The normalized spacial score (nSPS) is 11.5. The van der Waals surface area contributed by atoms with Crippen molar-refractivity contribution in [1.29, 1.82) is 0 Å². The van der Waals surface area contributed by atoms with Gasteiger partial charge in [-0.05, 0) is 18.2 Å². The SMILES string of the molecule is COc1cc2nc(Nc3c(Cl)cncc3Cl)[nH]c2cc1C(=O)Nc1cc(C(F)(F)F)ccn1. The number of imidazole rings is 1. The van der Waals surface area contributed by atoms with Crippen LogP contribution in [0.2, 0.25) is 10.0 Å². The Labute approximate surface area is 194 Å². The van der Waals surface area contributed by atoms with Crippen LogP contribution in [0.15, 0.2) is 42.9 Å². The molecule has 8 nitrogen and oxygen atoms in total. The highest BCUT2D eigenvalue weighted by Crippen LogP contribution is 2.33. The van der Waals surface area contributed by atoms with E-state index < -0.39 is 17.6 Å². The van der Waals surface area contributed by atoms with Gasteiger partial charge in [-0.2, -0.15) is 13.2 Å². The lowest BCUT2D eigenvalue weighted by atomic mass is 10.1. The number of benzene rings is 1. The van der Waals surface area contributed by atoms with Gasteiger partial charge in [0.2, 0.25) is 5.95 Å². The van der Waals surface area contributed by atoms with E-state index in [2.05, 4.69) is 30.6 Å². The number of hydrogen-bond acceptors (Lipinski definition) is 6. The smallest absolute Gasteiger partial charge is 0.416 e. The number of fused-ring (bicyclic) bond motifs is 1. The molecule has 3 aromatic heterocycles. The number of anilines is 3. The van der Waals surface area contributed by atoms with Gasteiger partial charge in [-0.15, -0.1) is 0 Å². The van der Waals surface area contributed by atoms with Crippen molar-refractivity contribution in [2.45, 2.75) is 6.18 Å². The van der Waals surface area contributed by atoms with Gasteiger partial charge in [0.1, 0.15) is 11.6 Å². The molecular formula is C20H13Cl2F3N6O2. The van der Waals surface area contributed by atoms with Crippen LogP contribution < -0.4 is 15.4 Å². The van der Waals surface area contributed by atoms with Gasteiger partial charge in [0.15, 0.2) is 0 Å². The van der Waals surface area contributed by atoms with Gasteiger partial charge in [-0.3, -0.25) is 9.78 Å². The second kappa shape index (κ2) is 8.75. The number of halogens is 5. The number of rotatable bonds is 5. The van der Waals surface area contributed by atoms with E-state index in [4.69, 9.17) is 27.9 Å². The third kappa shape index (κ3) is 4.78. The fourth-order valence-corrected chi connectivity index (χ4v) is 3.41. The number of aromatic amines is 1. The van der Waals surface area contributed by atoms with Crippen molar-refractivity contribution in [3.8, 4) is 5.75 Å². The zero-order chi connectivity index (χ0) is 23.8. The first-order valence-electron chi connectivity index (χ1n) is 9.14. The van der Waals surface area contributed by atoms with Crippen molar-refractivity contribution in [1.82, 2.24) is 19.9 Å². The first-order chi connectivity index (χ1) is 15.7. The lowest BCUT2D eigenvalue weighted by Crippen LogP contribution is -2.15. The van der Waals surface area contributed by atoms with Crippen LogP contribution in [0.25, 0.3) is 11.0 Å². The number of methoxy groups -OCH3 is 1. The number of carbonyl (C=O) groups excluding carboxylic acids is 1. The van der Waals surface area contributed by atoms with Crippen molar-refractivity contribution in [2.75, 3.05) is 17.7 Å². The maximum Gasteiger partial charge on any atom is 0.416 e. The maximum absolute atomic E-state index is 12.9. The highest BCUT2D eigenvalue weighted by atomic mass is 35.5. The summed E-state index contributed by atoms with van der Waals surface area (Å²) in [6.45, 7) is 0. The van der Waals surface area contributed by atoms with Gasteiger partial charge in [0.05, 0.1) is 45.0 Å². The Morgan fingerprint density at radius 3 is 2.55 bits per heavy atom. The molecule has 0 aliphatic rings. The van der Waals surface area contributed by atoms with Gasteiger partial charge in [0.25, 0.3) is 5.91 Å². The molecule has 0 spiro atoms. The monoisotopic (exact) mass is 496 g/mol. The minimum Gasteiger partial charge on any atom is -0.496 e. The second-order valence-electron chi connectivity index (χ2n) is 6.64. The van der Waals surface area contributed by atoms with Gasteiger partial charge < -0.3 is 20.4 Å². The van der Waals surface area contributed by atoms with Crippen LogP contribution in [0, 0.1) is 0 Å². The van der Waals surface area contributed by atoms with Gasteiger partial charge in [-0.25, -0.2) is 9.97 Å². The molecule has 0 unspecified atom stereocenters. The summed E-state index contributed by atoms with van der Waals surface area (Å²) >= 11 is 12.2.